The van der Waals surface area contributed by atoms with E-state index in [2.05, 4.69) is 76.9 Å². The maximum atomic E-state index is 14.6. The van der Waals surface area contributed by atoms with Gasteiger partial charge < -0.3 is 20.1 Å². The van der Waals surface area contributed by atoms with Gasteiger partial charge in [-0.3, -0.25) is 19.4 Å². The van der Waals surface area contributed by atoms with Crippen LogP contribution in [0.3, 0.4) is 0 Å². The molecule has 1 unspecified atom stereocenters. The van der Waals surface area contributed by atoms with Crippen molar-refractivity contribution in [3.63, 3.8) is 0 Å². The van der Waals surface area contributed by atoms with Crippen LogP contribution in [-0.2, 0) is 19.1 Å². The van der Waals surface area contributed by atoms with Gasteiger partial charge in [-0.05, 0) is 147 Å². The number of carbonyl (C=O) groups is 3. The van der Waals surface area contributed by atoms with Crippen molar-refractivity contribution in [3.8, 4) is 0 Å². The van der Waals surface area contributed by atoms with Crippen molar-refractivity contribution in [2.45, 2.75) is 133 Å². The number of amidine groups is 1. The molecular weight excluding hydrogens is 734 g/mol. The molecule has 0 spiro atoms. The lowest BCUT2D eigenvalue weighted by atomic mass is 9.33. The molecule has 4 fully saturated rings. The summed E-state index contributed by atoms with van der Waals surface area (Å²) in [6.45, 7) is 22.1. The second kappa shape index (κ2) is 14.6. The topological polar surface area (TPSA) is 108 Å². The van der Waals surface area contributed by atoms with E-state index >= 15 is 0 Å². The first kappa shape index (κ1) is 42.2. The number of aliphatic imine (C=N–C) groups is 1. The van der Waals surface area contributed by atoms with Gasteiger partial charge in [-0.1, -0.05) is 72.2 Å². The number of carbonyl (C=O) groups excluding carboxylic acids is 2. The zero-order valence-corrected chi connectivity index (χ0v) is 37.1. The highest BCUT2D eigenvalue weighted by molar-refractivity contribution is 6.30. The molecule has 312 valence electrons. The molecule has 0 amide bonds. The Balaban J connectivity index is 1.23. The second-order valence-corrected chi connectivity index (χ2v) is 21.4. The number of fused-ring (bicyclic) bond motifs is 7. The fourth-order valence-corrected chi connectivity index (χ4v) is 14.1. The van der Waals surface area contributed by atoms with Crippen LogP contribution in [0.1, 0.15) is 132 Å². The van der Waals surface area contributed by atoms with Crippen LogP contribution in [0.15, 0.2) is 46.5 Å². The Morgan fingerprint density at radius 2 is 1.68 bits per heavy atom. The number of ketones is 1. The number of rotatable bonds is 10. The van der Waals surface area contributed by atoms with Gasteiger partial charge in [-0.2, -0.15) is 0 Å². The smallest absolute Gasteiger partial charge is 0.309 e. The average molecular weight is 803 g/mol. The predicted molar refractivity (Wildman–Crippen MR) is 228 cm³/mol. The van der Waals surface area contributed by atoms with Gasteiger partial charge in [0.05, 0.1) is 23.8 Å². The highest BCUT2D eigenvalue weighted by Crippen LogP contribution is 2.77. The Morgan fingerprint density at radius 3 is 2.33 bits per heavy atom. The summed E-state index contributed by atoms with van der Waals surface area (Å²) in [7, 11) is 2.00. The summed E-state index contributed by atoms with van der Waals surface area (Å²) >= 11 is 6.36. The van der Waals surface area contributed by atoms with Crippen molar-refractivity contribution in [1.29, 1.82) is 0 Å². The number of nitrogens with zero attached hydrogens (tertiary/aromatic N) is 2. The molecular formula is C48H68ClN3O5. The first-order valence-electron chi connectivity index (χ1n) is 21.8. The van der Waals surface area contributed by atoms with Crippen molar-refractivity contribution >= 4 is 40.9 Å². The number of ether oxygens (including phenoxy) is 1. The summed E-state index contributed by atoms with van der Waals surface area (Å²) in [6.07, 6.45) is 10.4. The lowest BCUT2D eigenvalue weighted by Gasteiger charge is -2.72. The van der Waals surface area contributed by atoms with Crippen LogP contribution in [0.4, 0.5) is 0 Å². The van der Waals surface area contributed by atoms with Crippen molar-refractivity contribution in [2.24, 2.45) is 61.2 Å². The Hall–Kier alpha value is -2.97. The van der Waals surface area contributed by atoms with E-state index in [1.54, 1.807) is 13.8 Å². The van der Waals surface area contributed by atoms with Gasteiger partial charge in [0.15, 0.2) is 5.78 Å². The minimum atomic E-state index is -1.16. The second-order valence-electron chi connectivity index (χ2n) is 21.0. The molecule has 0 bridgehead atoms. The van der Waals surface area contributed by atoms with E-state index in [4.69, 9.17) is 21.3 Å². The molecule has 0 radical (unpaired) electrons. The molecule has 1 heterocycles. The van der Waals surface area contributed by atoms with Crippen LogP contribution in [-0.4, -0.2) is 66.3 Å². The fraction of sp³-hybridized carbons (Fsp3) is 0.708. The minimum absolute atomic E-state index is 0.00322. The molecule has 1 aromatic carbocycles. The SMILES string of the molecule is CNCCN1C(c2ccc(Cl)cc2)=CCN=C1[C@@]12CC[C@]3(C)[C@H](CCC4[C@@]5(C)CC[C@H](OC(=O)CC(C)(C)C(=O)O)C(C)(C)[C@@H]5CC[C@]43C)C1=C(C(C)C)C(=O)C2. The van der Waals surface area contributed by atoms with E-state index < -0.39 is 22.8 Å². The summed E-state index contributed by atoms with van der Waals surface area (Å²) in [4.78, 5) is 47.4. The number of carboxylic acids is 1. The molecule has 6 aliphatic rings. The zero-order chi connectivity index (χ0) is 41.5. The van der Waals surface area contributed by atoms with E-state index in [1.165, 1.54) is 5.57 Å². The average Bonchev–Trinajstić information content (AvgIpc) is 3.45. The van der Waals surface area contributed by atoms with Crippen LogP contribution in [0.2, 0.25) is 5.02 Å². The van der Waals surface area contributed by atoms with Gasteiger partial charge in [0.1, 0.15) is 11.9 Å². The maximum Gasteiger partial charge on any atom is 0.309 e. The summed E-state index contributed by atoms with van der Waals surface area (Å²) in [5.74, 6) is 1.29. The van der Waals surface area contributed by atoms with Crippen molar-refractivity contribution in [2.75, 3.05) is 26.7 Å². The van der Waals surface area contributed by atoms with Crippen molar-refractivity contribution in [3.05, 3.63) is 52.1 Å². The molecule has 57 heavy (non-hydrogen) atoms. The predicted octanol–water partition coefficient (Wildman–Crippen LogP) is 10.0. The number of hydrogen-bond acceptors (Lipinski definition) is 7. The Labute approximate surface area is 346 Å². The van der Waals surface area contributed by atoms with Crippen LogP contribution in [0.5, 0.6) is 0 Å². The highest BCUT2D eigenvalue weighted by atomic mass is 35.5. The third-order valence-corrected chi connectivity index (χ3v) is 17.3. The summed E-state index contributed by atoms with van der Waals surface area (Å²) < 4.78 is 6.22. The lowest BCUT2D eigenvalue weighted by Crippen LogP contribution is -2.66. The number of esters is 1. The number of likely N-dealkylation sites (N-methyl/N-ethyl adjacent to an activating group) is 1. The standard InChI is InChI=1S/C48H68ClN3O5/c1-29(2)39-34(53)27-48(41-51-24-19-33(52(41)26-25-50-10)30-11-13-31(49)14-12-30)23-22-46(8)32(40(39)48)15-16-36-45(7)20-18-37(57-38(54)28-43(3,4)42(55)56)44(5,6)35(45)17-21-47(36,46)9/h11-14,19,29,32,35-37,50H,15-18,20-28H2,1-10H3,(H,55,56)/t32-,35+,36?,37+,45+,46-,47-,48-/m1/s1. The molecule has 4 saturated carbocycles. The van der Waals surface area contributed by atoms with Gasteiger partial charge in [0, 0.05) is 35.6 Å². The molecule has 8 nitrogen and oxygen atoms in total. The van der Waals surface area contributed by atoms with E-state index in [0.717, 1.165) is 87.1 Å². The zero-order valence-electron chi connectivity index (χ0n) is 36.3. The van der Waals surface area contributed by atoms with Crippen molar-refractivity contribution in [1.82, 2.24) is 10.2 Å². The largest absolute Gasteiger partial charge is 0.481 e. The van der Waals surface area contributed by atoms with E-state index in [1.807, 2.05) is 19.2 Å². The Morgan fingerprint density at radius 1 is 0.982 bits per heavy atom. The minimum Gasteiger partial charge on any atom is -0.481 e. The Bertz CT molecular complexity index is 1900. The van der Waals surface area contributed by atoms with Crippen LogP contribution in [0.25, 0.3) is 5.70 Å². The molecule has 5 aliphatic carbocycles. The highest BCUT2D eigenvalue weighted by Gasteiger charge is 2.71. The first-order chi connectivity index (χ1) is 26.7. The van der Waals surface area contributed by atoms with E-state index in [0.29, 0.717) is 35.6 Å². The summed E-state index contributed by atoms with van der Waals surface area (Å²) in [6, 6.07) is 8.13. The molecule has 8 atom stereocenters. The quantitative estimate of drug-likeness (QED) is 0.227. The fourth-order valence-electron chi connectivity index (χ4n) is 14.0. The number of benzene rings is 1. The maximum absolute atomic E-state index is 14.6. The number of nitrogens with one attached hydrogen (secondary N) is 1. The Kier molecular flexibility index (Phi) is 10.8. The van der Waals surface area contributed by atoms with E-state index in [9.17, 15) is 19.5 Å². The van der Waals surface area contributed by atoms with Gasteiger partial charge in [0.2, 0.25) is 0 Å². The van der Waals surface area contributed by atoms with Crippen molar-refractivity contribution < 1.29 is 24.2 Å². The molecule has 0 aromatic heterocycles. The normalized spacial score (nSPS) is 36.1. The molecule has 1 aliphatic heterocycles. The number of aliphatic carboxylic acids is 1. The van der Waals surface area contributed by atoms with Gasteiger partial charge >= 0.3 is 11.9 Å². The monoisotopic (exact) mass is 801 g/mol. The number of hydrogen-bond donors (Lipinski definition) is 2. The summed E-state index contributed by atoms with van der Waals surface area (Å²) in [5, 5.41) is 13.8. The number of halogens is 1. The van der Waals surface area contributed by atoms with Crippen LogP contribution >= 0.6 is 11.6 Å². The molecule has 1 aromatic rings. The first-order valence-corrected chi connectivity index (χ1v) is 22.2. The van der Waals surface area contributed by atoms with Gasteiger partial charge in [-0.15, -0.1) is 0 Å². The third kappa shape index (κ3) is 6.48. The molecule has 0 saturated heterocycles. The summed E-state index contributed by atoms with van der Waals surface area (Å²) in [5.41, 5.74) is 3.05. The van der Waals surface area contributed by atoms with Crippen LogP contribution < -0.4 is 5.32 Å². The molecule has 7 rings (SSSR count). The third-order valence-electron chi connectivity index (χ3n) is 17.0. The number of carboxylic acid groups (broad SMARTS) is 1. The molecule has 2 N–H and O–H groups in total. The number of Topliss-reactive ketones (excluding diaryl/α,β-unsaturated/α-hetero) is 1. The van der Waals surface area contributed by atoms with Gasteiger partial charge in [-0.25, -0.2) is 0 Å². The van der Waals surface area contributed by atoms with E-state index in [-0.39, 0.29) is 46.0 Å². The molecule has 9 heteroatoms. The van der Waals surface area contributed by atoms with Gasteiger partial charge in [0.25, 0.3) is 0 Å². The van der Waals surface area contributed by atoms with Crippen LogP contribution in [0, 0.1) is 56.2 Å². The lowest BCUT2D eigenvalue weighted by molar-refractivity contribution is -0.232. The number of allylic oxidation sites excluding steroid dienone is 1.